The Morgan fingerprint density at radius 2 is 2.19 bits per heavy atom. The van der Waals surface area contributed by atoms with E-state index < -0.39 is 0 Å². The molecule has 1 aromatic heterocycles. The third kappa shape index (κ3) is 1.59. The summed E-state index contributed by atoms with van der Waals surface area (Å²) >= 11 is 1.79. The van der Waals surface area contributed by atoms with Gasteiger partial charge in [0.25, 0.3) is 0 Å². The molecule has 16 heavy (non-hydrogen) atoms. The molecule has 0 fully saturated rings. The zero-order valence-corrected chi connectivity index (χ0v) is 10.3. The average molecular weight is 236 g/mol. The van der Waals surface area contributed by atoms with Crippen LogP contribution in [0.25, 0.3) is 0 Å². The molecule has 1 atom stereocenters. The van der Waals surface area contributed by atoms with Crippen LogP contribution in [0.4, 0.5) is 5.13 Å². The van der Waals surface area contributed by atoms with E-state index in [2.05, 4.69) is 12.0 Å². The molecule has 0 aromatic carbocycles. The number of hydrazone groups is 1. The van der Waals surface area contributed by atoms with E-state index in [1.165, 1.54) is 29.8 Å². The second kappa shape index (κ2) is 3.73. The maximum Gasteiger partial charge on any atom is 0.206 e. The van der Waals surface area contributed by atoms with Crippen molar-refractivity contribution in [1.82, 2.24) is 4.98 Å². The average Bonchev–Trinajstić information content (AvgIpc) is 2.81. The van der Waals surface area contributed by atoms with Gasteiger partial charge in [0.1, 0.15) is 5.84 Å². The predicted octanol–water partition coefficient (Wildman–Crippen LogP) is 1.89. The van der Waals surface area contributed by atoms with Gasteiger partial charge in [-0.25, -0.2) is 9.99 Å². The first-order valence-electron chi connectivity index (χ1n) is 5.85. The van der Waals surface area contributed by atoms with Crippen LogP contribution in [0.5, 0.6) is 0 Å². The Balaban J connectivity index is 1.92. The van der Waals surface area contributed by atoms with Crippen molar-refractivity contribution in [3.63, 3.8) is 0 Å². The number of hydrogen-bond acceptors (Lipinski definition) is 5. The van der Waals surface area contributed by atoms with Crippen LogP contribution in [0.1, 0.15) is 36.8 Å². The van der Waals surface area contributed by atoms with Gasteiger partial charge in [0.2, 0.25) is 5.13 Å². The van der Waals surface area contributed by atoms with Crippen LogP contribution in [0.15, 0.2) is 5.10 Å². The Morgan fingerprint density at radius 3 is 2.88 bits per heavy atom. The van der Waals surface area contributed by atoms with Crippen molar-refractivity contribution >= 4 is 22.3 Å². The Morgan fingerprint density at radius 1 is 1.38 bits per heavy atom. The number of rotatable bonds is 1. The van der Waals surface area contributed by atoms with E-state index in [1.807, 2.05) is 5.01 Å². The zero-order valence-electron chi connectivity index (χ0n) is 9.44. The molecule has 1 aliphatic heterocycles. The highest BCUT2D eigenvalue weighted by Crippen LogP contribution is 2.34. The number of aromatic nitrogens is 1. The van der Waals surface area contributed by atoms with Gasteiger partial charge >= 0.3 is 0 Å². The molecule has 2 aliphatic rings. The molecule has 5 heteroatoms. The SMILES string of the molecule is C[C@H]1CC(N)=NN1c1nc2c(s1)CCCC2. The molecule has 2 heterocycles. The maximum absolute atomic E-state index is 5.76. The second-order valence-electron chi connectivity index (χ2n) is 4.56. The first kappa shape index (κ1) is 10.1. The standard InChI is InChI=1S/C11H16N4S/c1-7-6-10(12)14-15(7)11-13-8-4-2-3-5-9(8)16-11/h7H,2-6H2,1H3,(H2,12,14)/t7-/m0/s1. The third-order valence-electron chi connectivity index (χ3n) is 3.19. The van der Waals surface area contributed by atoms with E-state index in [0.717, 1.165) is 23.8 Å². The number of amidine groups is 1. The van der Waals surface area contributed by atoms with Crippen LogP contribution in [-0.2, 0) is 12.8 Å². The Hall–Kier alpha value is -1.10. The maximum atomic E-state index is 5.76. The lowest BCUT2D eigenvalue weighted by atomic mass is 10.0. The smallest absolute Gasteiger partial charge is 0.206 e. The molecule has 2 N–H and O–H groups in total. The highest BCUT2D eigenvalue weighted by molar-refractivity contribution is 7.15. The summed E-state index contributed by atoms with van der Waals surface area (Å²) in [5.41, 5.74) is 7.05. The number of hydrogen-bond donors (Lipinski definition) is 1. The molecular formula is C11H16N4S. The fourth-order valence-electron chi connectivity index (χ4n) is 2.33. The topological polar surface area (TPSA) is 54.5 Å². The summed E-state index contributed by atoms with van der Waals surface area (Å²) in [6.45, 7) is 2.14. The van der Waals surface area contributed by atoms with Crippen molar-refractivity contribution in [1.29, 1.82) is 0 Å². The normalized spacial score (nSPS) is 24.4. The van der Waals surface area contributed by atoms with Gasteiger partial charge in [-0.05, 0) is 32.6 Å². The van der Waals surface area contributed by atoms with Crippen LogP contribution >= 0.6 is 11.3 Å². The Kier molecular flexibility index (Phi) is 2.35. The van der Waals surface area contributed by atoms with Gasteiger partial charge < -0.3 is 5.73 Å². The first-order chi connectivity index (χ1) is 7.74. The summed E-state index contributed by atoms with van der Waals surface area (Å²) in [6.07, 6.45) is 5.75. The highest BCUT2D eigenvalue weighted by atomic mass is 32.1. The van der Waals surface area contributed by atoms with E-state index in [0.29, 0.717) is 6.04 Å². The summed E-state index contributed by atoms with van der Waals surface area (Å²) in [5, 5.41) is 7.37. The molecule has 0 spiro atoms. The molecule has 3 rings (SSSR count). The first-order valence-corrected chi connectivity index (χ1v) is 6.66. The fourth-order valence-corrected chi connectivity index (χ4v) is 3.54. The molecule has 0 bridgehead atoms. The molecule has 1 aromatic rings. The number of nitrogens with zero attached hydrogens (tertiary/aromatic N) is 3. The lowest BCUT2D eigenvalue weighted by Crippen LogP contribution is -2.22. The van der Waals surface area contributed by atoms with Crippen LogP contribution < -0.4 is 10.7 Å². The zero-order chi connectivity index (χ0) is 11.1. The third-order valence-corrected chi connectivity index (χ3v) is 4.34. The number of aryl methyl sites for hydroxylation is 2. The molecule has 1 aliphatic carbocycles. The summed E-state index contributed by atoms with van der Waals surface area (Å²) < 4.78 is 0. The summed E-state index contributed by atoms with van der Waals surface area (Å²) in [6, 6.07) is 0.354. The molecule has 0 saturated carbocycles. The van der Waals surface area contributed by atoms with E-state index >= 15 is 0 Å². The van der Waals surface area contributed by atoms with Crippen molar-refractivity contribution in [3.8, 4) is 0 Å². The van der Waals surface area contributed by atoms with Crippen LogP contribution in [0, 0.1) is 0 Å². The van der Waals surface area contributed by atoms with Gasteiger partial charge in [-0.3, -0.25) is 0 Å². The van der Waals surface area contributed by atoms with Crippen LogP contribution in [0.2, 0.25) is 0 Å². The number of anilines is 1. The van der Waals surface area contributed by atoms with Crippen molar-refractivity contribution in [2.45, 2.75) is 45.1 Å². The Bertz CT molecular complexity index is 414. The lowest BCUT2D eigenvalue weighted by molar-refractivity contribution is 0.677. The van der Waals surface area contributed by atoms with Gasteiger partial charge in [0, 0.05) is 11.3 Å². The fraction of sp³-hybridized carbons (Fsp3) is 0.636. The Labute approximate surface area is 99.2 Å². The number of fused-ring (bicyclic) bond motifs is 1. The van der Waals surface area contributed by atoms with Crippen LogP contribution in [-0.4, -0.2) is 16.9 Å². The summed E-state index contributed by atoms with van der Waals surface area (Å²) in [7, 11) is 0. The molecule has 0 unspecified atom stereocenters. The highest BCUT2D eigenvalue weighted by Gasteiger charge is 2.26. The van der Waals surface area contributed by atoms with Gasteiger partial charge in [-0.15, -0.1) is 0 Å². The summed E-state index contributed by atoms with van der Waals surface area (Å²) in [4.78, 5) is 6.15. The molecular weight excluding hydrogens is 220 g/mol. The monoisotopic (exact) mass is 236 g/mol. The largest absolute Gasteiger partial charge is 0.386 e. The van der Waals surface area contributed by atoms with E-state index in [9.17, 15) is 0 Å². The van der Waals surface area contributed by atoms with Crippen molar-refractivity contribution in [2.75, 3.05) is 5.01 Å². The van der Waals surface area contributed by atoms with Crippen molar-refractivity contribution in [2.24, 2.45) is 10.8 Å². The minimum absolute atomic E-state index is 0.354. The van der Waals surface area contributed by atoms with E-state index in [4.69, 9.17) is 10.7 Å². The molecule has 0 saturated heterocycles. The minimum Gasteiger partial charge on any atom is -0.386 e. The van der Waals surface area contributed by atoms with Gasteiger partial charge in [-0.1, -0.05) is 11.3 Å². The van der Waals surface area contributed by atoms with Crippen molar-refractivity contribution < 1.29 is 0 Å². The van der Waals surface area contributed by atoms with Crippen molar-refractivity contribution in [3.05, 3.63) is 10.6 Å². The molecule has 0 amide bonds. The molecule has 4 nitrogen and oxygen atoms in total. The second-order valence-corrected chi connectivity index (χ2v) is 5.62. The summed E-state index contributed by atoms with van der Waals surface area (Å²) in [5.74, 6) is 0.723. The minimum atomic E-state index is 0.354. The van der Waals surface area contributed by atoms with Gasteiger partial charge in [-0.2, -0.15) is 5.10 Å². The van der Waals surface area contributed by atoms with Gasteiger partial charge in [0.05, 0.1) is 11.7 Å². The van der Waals surface area contributed by atoms with Gasteiger partial charge in [0.15, 0.2) is 0 Å². The molecule has 0 radical (unpaired) electrons. The number of thiazole rings is 1. The van der Waals surface area contributed by atoms with Crippen LogP contribution in [0.3, 0.4) is 0 Å². The predicted molar refractivity (Wildman–Crippen MR) is 66.9 cm³/mol. The molecule has 86 valence electrons. The lowest BCUT2D eigenvalue weighted by Gasteiger charge is -2.15. The quantitative estimate of drug-likeness (QED) is 0.810. The van der Waals surface area contributed by atoms with E-state index in [-0.39, 0.29) is 0 Å². The number of nitrogens with two attached hydrogens (primary N) is 1. The van der Waals surface area contributed by atoms with E-state index in [1.54, 1.807) is 11.3 Å².